The van der Waals surface area contributed by atoms with Crippen molar-refractivity contribution in [1.29, 1.82) is 0 Å². The molecule has 1 N–H and O–H groups in total. The van der Waals surface area contributed by atoms with E-state index < -0.39 is 6.10 Å². The van der Waals surface area contributed by atoms with Gasteiger partial charge in [-0.2, -0.15) is 0 Å². The van der Waals surface area contributed by atoms with E-state index in [0.717, 1.165) is 35.3 Å². The molecular formula is C15H13BrClIO. The maximum atomic E-state index is 10.6. The number of aryl methyl sites for hydroxylation is 2. The first-order chi connectivity index (χ1) is 8.90. The van der Waals surface area contributed by atoms with E-state index in [-0.39, 0.29) is 0 Å². The maximum Gasteiger partial charge on any atom is 0.105 e. The van der Waals surface area contributed by atoms with Crippen molar-refractivity contribution in [2.75, 3.05) is 0 Å². The Bertz CT molecular complexity index is 628. The predicted molar refractivity (Wildman–Crippen MR) is 91.8 cm³/mol. The summed E-state index contributed by atoms with van der Waals surface area (Å²) in [7, 11) is 0. The maximum absolute atomic E-state index is 10.6. The van der Waals surface area contributed by atoms with Crippen molar-refractivity contribution in [3.63, 3.8) is 0 Å². The molecule has 2 rings (SSSR count). The summed E-state index contributed by atoms with van der Waals surface area (Å²) in [4.78, 5) is 0. The second-order valence-electron chi connectivity index (χ2n) is 4.53. The fourth-order valence-corrected chi connectivity index (χ4v) is 3.19. The first-order valence-corrected chi connectivity index (χ1v) is 8.04. The molecule has 0 bridgehead atoms. The van der Waals surface area contributed by atoms with Gasteiger partial charge in [-0.15, -0.1) is 0 Å². The van der Waals surface area contributed by atoms with E-state index in [9.17, 15) is 5.11 Å². The van der Waals surface area contributed by atoms with Gasteiger partial charge in [0.1, 0.15) is 6.10 Å². The van der Waals surface area contributed by atoms with Crippen molar-refractivity contribution in [3.8, 4) is 0 Å². The second-order valence-corrected chi connectivity index (χ2v) is 7.03. The molecule has 0 fully saturated rings. The zero-order valence-corrected chi connectivity index (χ0v) is 15.0. The average molecular weight is 452 g/mol. The number of halogens is 3. The van der Waals surface area contributed by atoms with Crippen LogP contribution in [-0.2, 0) is 0 Å². The summed E-state index contributed by atoms with van der Waals surface area (Å²) in [5.74, 6) is 0. The molecule has 0 heterocycles. The first kappa shape index (κ1) is 15.3. The quantitative estimate of drug-likeness (QED) is 0.606. The summed E-state index contributed by atoms with van der Waals surface area (Å²) < 4.78 is 2.01. The molecule has 0 saturated heterocycles. The Balaban J connectivity index is 2.52. The molecule has 4 heteroatoms. The Morgan fingerprint density at radius 2 is 1.79 bits per heavy atom. The molecule has 0 aliphatic heterocycles. The number of aliphatic hydroxyl groups is 1. The minimum Gasteiger partial charge on any atom is -0.384 e. The highest BCUT2D eigenvalue weighted by Crippen LogP contribution is 2.33. The van der Waals surface area contributed by atoms with Crippen LogP contribution in [0.2, 0.25) is 5.02 Å². The molecule has 0 amide bonds. The molecular weight excluding hydrogens is 438 g/mol. The summed E-state index contributed by atoms with van der Waals surface area (Å²) in [5, 5.41) is 11.3. The molecule has 1 nitrogen and oxygen atoms in total. The molecule has 0 radical (unpaired) electrons. The smallest absolute Gasteiger partial charge is 0.105 e. The summed E-state index contributed by atoms with van der Waals surface area (Å²) >= 11 is 11.8. The van der Waals surface area contributed by atoms with Gasteiger partial charge in [0.15, 0.2) is 0 Å². The van der Waals surface area contributed by atoms with Crippen LogP contribution >= 0.6 is 50.1 Å². The molecule has 0 aliphatic carbocycles. The third-order valence-electron chi connectivity index (χ3n) is 3.09. The molecule has 100 valence electrons. The molecule has 0 aromatic heterocycles. The molecule has 0 spiro atoms. The third kappa shape index (κ3) is 3.32. The van der Waals surface area contributed by atoms with Crippen molar-refractivity contribution >= 4 is 50.1 Å². The normalized spacial score (nSPS) is 12.5. The van der Waals surface area contributed by atoms with E-state index in [0.29, 0.717) is 0 Å². The Morgan fingerprint density at radius 1 is 1.11 bits per heavy atom. The molecule has 0 saturated carbocycles. The van der Waals surface area contributed by atoms with E-state index in [1.165, 1.54) is 0 Å². The van der Waals surface area contributed by atoms with E-state index in [1.807, 2.05) is 44.2 Å². The molecule has 1 atom stereocenters. The highest BCUT2D eigenvalue weighted by Gasteiger charge is 2.17. The van der Waals surface area contributed by atoms with Gasteiger partial charge in [0.25, 0.3) is 0 Å². The number of rotatable bonds is 2. The van der Waals surface area contributed by atoms with Gasteiger partial charge in [-0.25, -0.2) is 0 Å². The molecule has 19 heavy (non-hydrogen) atoms. The predicted octanol–water partition coefficient (Wildman–Crippen LogP) is 5.41. The highest BCUT2D eigenvalue weighted by atomic mass is 127. The van der Waals surface area contributed by atoms with Crippen molar-refractivity contribution in [2.24, 2.45) is 0 Å². The Kier molecular flexibility index (Phi) is 4.93. The number of benzene rings is 2. The zero-order valence-electron chi connectivity index (χ0n) is 10.5. The van der Waals surface area contributed by atoms with Crippen LogP contribution in [0, 0.1) is 17.4 Å². The van der Waals surface area contributed by atoms with Crippen molar-refractivity contribution in [3.05, 3.63) is 65.7 Å². The van der Waals surface area contributed by atoms with E-state index in [4.69, 9.17) is 11.6 Å². The van der Waals surface area contributed by atoms with Gasteiger partial charge in [-0.3, -0.25) is 0 Å². The lowest BCUT2D eigenvalue weighted by Crippen LogP contribution is -2.04. The Morgan fingerprint density at radius 3 is 2.47 bits per heavy atom. The second kappa shape index (κ2) is 6.12. The van der Waals surface area contributed by atoms with Crippen molar-refractivity contribution in [2.45, 2.75) is 20.0 Å². The van der Waals surface area contributed by atoms with Crippen LogP contribution in [0.5, 0.6) is 0 Å². The fraction of sp³-hybridized carbons (Fsp3) is 0.200. The molecule has 1 unspecified atom stereocenters. The summed E-state index contributed by atoms with van der Waals surface area (Å²) in [6.45, 7) is 3.91. The zero-order chi connectivity index (χ0) is 14.2. The summed E-state index contributed by atoms with van der Waals surface area (Å²) in [5.41, 5.74) is 3.73. The van der Waals surface area contributed by atoms with Crippen LogP contribution in [0.3, 0.4) is 0 Å². The van der Waals surface area contributed by atoms with E-state index in [1.54, 1.807) is 0 Å². The number of aliphatic hydroxyl groups excluding tert-OH is 1. The lowest BCUT2D eigenvalue weighted by molar-refractivity contribution is 0.218. The third-order valence-corrected chi connectivity index (χ3v) is 4.89. The van der Waals surface area contributed by atoms with Crippen molar-refractivity contribution in [1.82, 2.24) is 0 Å². The van der Waals surface area contributed by atoms with Gasteiger partial charge in [0, 0.05) is 18.6 Å². The lowest BCUT2D eigenvalue weighted by Gasteiger charge is -2.17. The van der Waals surface area contributed by atoms with Gasteiger partial charge < -0.3 is 5.11 Å². The van der Waals surface area contributed by atoms with Crippen LogP contribution in [-0.4, -0.2) is 5.11 Å². The topological polar surface area (TPSA) is 20.2 Å². The summed E-state index contributed by atoms with van der Waals surface area (Å²) in [6.07, 6.45) is -0.653. The average Bonchev–Trinajstić information content (AvgIpc) is 2.36. The van der Waals surface area contributed by atoms with Crippen LogP contribution in [0.1, 0.15) is 28.4 Å². The van der Waals surface area contributed by atoms with E-state index in [2.05, 4.69) is 38.5 Å². The number of hydrogen-bond donors (Lipinski definition) is 1. The largest absolute Gasteiger partial charge is 0.384 e. The molecule has 0 aliphatic rings. The SMILES string of the molecule is Cc1cc(C(O)c2cc(I)ccc2Br)c(C)cc1Cl. The highest BCUT2D eigenvalue weighted by molar-refractivity contribution is 14.1. The van der Waals surface area contributed by atoms with Crippen LogP contribution < -0.4 is 0 Å². The minimum absolute atomic E-state index is 0.653. The van der Waals surface area contributed by atoms with Crippen molar-refractivity contribution < 1.29 is 5.11 Å². The standard InChI is InChI=1S/C15H13BrClIO/c1-8-6-14(17)9(2)5-11(8)15(19)12-7-10(18)3-4-13(12)16/h3-7,15,19H,1-2H3. The van der Waals surface area contributed by atoms with Gasteiger partial charge in [-0.05, 0) is 77.4 Å². The fourth-order valence-electron chi connectivity index (χ4n) is 1.99. The van der Waals surface area contributed by atoms with Gasteiger partial charge in [0.2, 0.25) is 0 Å². The lowest BCUT2D eigenvalue weighted by atomic mass is 9.96. The van der Waals surface area contributed by atoms with E-state index >= 15 is 0 Å². The molecule has 2 aromatic rings. The van der Waals surface area contributed by atoms with Gasteiger partial charge in [-0.1, -0.05) is 33.6 Å². The first-order valence-electron chi connectivity index (χ1n) is 5.80. The van der Waals surface area contributed by atoms with Crippen LogP contribution in [0.4, 0.5) is 0 Å². The van der Waals surface area contributed by atoms with Crippen LogP contribution in [0.25, 0.3) is 0 Å². The van der Waals surface area contributed by atoms with Crippen LogP contribution in [0.15, 0.2) is 34.8 Å². The Labute approximate surface area is 140 Å². The van der Waals surface area contributed by atoms with Gasteiger partial charge in [0.05, 0.1) is 0 Å². The molecule has 2 aromatic carbocycles. The van der Waals surface area contributed by atoms with Gasteiger partial charge >= 0.3 is 0 Å². The Hall–Kier alpha value is -0.100. The minimum atomic E-state index is -0.653. The monoisotopic (exact) mass is 450 g/mol. The summed E-state index contributed by atoms with van der Waals surface area (Å²) in [6, 6.07) is 9.80. The number of hydrogen-bond acceptors (Lipinski definition) is 1.